The van der Waals surface area contributed by atoms with Gasteiger partial charge < -0.3 is 0 Å². The summed E-state index contributed by atoms with van der Waals surface area (Å²) in [6.45, 7) is 0. The molecule has 1 aromatic heterocycles. The molecule has 0 aliphatic heterocycles. The molecular weight excluding hydrogens is 280 g/mol. The van der Waals surface area contributed by atoms with Crippen molar-refractivity contribution in [2.75, 3.05) is 0 Å². The number of hydrogen-bond acceptors (Lipinski definition) is 4. The van der Waals surface area contributed by atoms with E-state index in [4.69, 9.17) is 11.6 Å². The Balaban J connectivity index is 2.13. The SMILES string of the molecule is N#Cc1c(C2CC2)nn(-c2cccc([N+](=O)[O-])c2)c1Cl. The van der Waals surface area contributed by atoms with Gasteiger partial charge in [0.25, 0.3) is 5.69 Å². The summed E-state index contributed by atoms with van der Waals surface area (Å²) in [7, 11) is 0. The molecule has 1 aliphatic carbocycles. The summed E-state index contributed by atoms with van der Waals surface area (Å²) >= 11 is 6.18. The van der Waals surface area contributed by atoms with Gasteiger partial charge >= 0.3 is 0 Å². The third-order valence-electron chi connectivity index (χ3n) is 3.22. The number of nitro benzene ring substituents is 1. The van der Waals surface area contributed by atoms with Gasteiger partial charge in [-0.05, 0) is 18.9 Å². The second kappa shape index (κ2) is 4.62. The van der Waals surface area contributed by atoms with Crippen molar-refractivity contribution in [1.29, 1.82) is 5.26 Å². The molecule has 0 saturated heterocycles. The molecule has 2 aromatic rings. The number of nitriles is 1. The number of nitrogens with zero attached hydrogens (tertiary/aromatic N) is 4. The van der Waals surface area contributed by atoms with Crippen LogP contribution >= 0.6 is 11.6 Å². The summed E-state index contributed by atoms with van der Waals surface area (Å²) in [6, 6.07) is 8.08. The molecule has 7 heteroatoms. The number of benzene rings is 1. The molecule has 1 fully saturated rings. The van der Waals surface area contributed by atoms with Crippen LogP contribution in [0.25, 0.3) is 5.69 Å². The fourth-order valence-corrected chi connectivity index (χ4v) is 2.34. The van der Waals surface area contributed by atoms with Gasteiger partial charge in [-0.2, -0.15) is 10.4 Å². The maximum Gasteiger partial charge on any atom is 0.271 e. The van der Waals surface area contributed by atoms with Crippen LogP contribution in [-0.4, -0.2) is 14.7 Å². The molecule has 0 amide bonds. The van der Waals surface area contributed by atoms with Gasteiger partial charge in [0, 0.05) is 18.1 Å². The van der Waals surface area contributed by atoms with Crippen LogP contribution in [0, 0.1) is 21.4 Å². The summed E-state index contributed by atoms with van der Waals surface area (Å²) < 4.78 is 1.39. The highest BCUT2D eigenvalue weighted by molar-refractivity contribution is 6.31. The summed E-state index contributed by atoms with van der Waals surface area (Å²) in [6.07, 6.45) is 1.99. The van der Waals surface area contributed by atoms with E-state index in [2.05, 4.69) is 11.2 Å². The molecule has 0 bridgehead atoms. The van der Waals surface area contributed by atoms with E-state index >= 15 is 0 Å². The molecular formula is C13H9ClN4O2. The zero-order chi connectivity index (χ0) is 14.3. The maximum absolute atomic E-state index is 10.8. The first-order valence-electron chi connectivity index (χ1n) is 6.05. The van der Waals surface area contributed by atoms with Crippen LogP contribution in [0.5, 0.6) is 0 Å². The monoisotopic (exact) mass is 288 g/mol. The standard InChI is InChI=1S/C13H9ClN4O2/c14-13-11(7-15)12(8-4-5-8)16-17(13)9-2-1-3-10(6-9)18(19)20/h1-3,6,8H,4-5H2. The minimum absolute atomic E-state index is 0.0412. The average Bonchev–Trinajstić information content (AvgIpc) is 3.23. The molecule has 0 radical (unpaired) electrons. The fourth-order valence-electron chi connectivity index (χ4n) is 2.07. The third kappa shape index (κ3) is 2.02. The molecule has 1 aromatic carbocycles. The van der Waals surface area contributed by atoms with E-state index < -0.39 is 4.92 Å². The van der Waals surface area contributed by atoms with Crippen LogP contribution < -0.4 is 0 Å². The van der Waals surface area contributed by atoms with Gasteiger partial charge in [0.05, 0.1) is 16.3 Å². The first-order chi connectivity index (χ1) is 9.61. The lowest BCUT2D eigenvalue weighted by Crippen LogP contribution is -1.98. The van der Waals surface area contributed by atoms with E-state index in [0.717, 1.165) is 12.8 Å². The molecule has 0 spiro atoms. The summed E-state index contributed by atoms with van der Waals surface area (Å²) in [4.78, 5) is 10.3. The van der Waals surface area contributed by atoms with Crippen molar-refractivity contribution >= 4 is 17.3 Å². The minimum Gasteiger partial charge on any atom is -0.258 e. The second-order valence-electron chi connectivity index (χ2n) is 4.63. The van der Waals surface area contributed by atoms with Crippen molar-refractivity contribution in [2.24, 2.45) is 0 Å². The van der Waals surface area contributed by atoms with Gasteiger partial charge in [0.1, 0.15) is 11.6 Å². The highest BCUT2D eigenvalue weighted by Crippen LogP contribution is 2.42. The molecule has 1 aliphatic rings. The highest BCUT2D eigenvalue weighted by Gasteiger charge is 2.32. The first-order valence-corrected chi connectivity index (χ1v) is 6.43. The smallest absolute Gasteiger partial charge is 0.258 e. The van der Waals surface area contributed by atoms with Crippen LogP contribution in [-0.2, 0) is 0 Å². The third-order valence-corrected chi connectivity index (χ3v) is 3.57. The lowest BCUT2D eigenvalue weighted by Gasteiger charge is -2.02. The lowest BCUT2D eigenvalue weighted by molar-refractivity contribution is -0.384. The van der Waals surface area contributed by atoms with E-state index in [1.165, 1.54) is 16.8 Å². The number of rotatable bonds is 3. The van der Waals surface area contributed by atoms with Gasteiger partial charge in [0.2, 0.25) is 0 Å². The maximum atomic E-state index is 10.8. The molecule has 1 heterocycles. The second-order valence-corrected chi connectivity index (χ2v) is 4.98. The van der Waals surface area contributed by atoms with Gasteiger partial charge in [-0.15, -0.1) is 0 Å². The molecule has 100 valence electrons. The Morgan fingerprint density at radius 3 is 2.85 bits per heavy atom. The van der Waals surface area contributed by atoms with Crippen molar-refractivity contribution in [1.82, 2.24) is 9.78 Å². The Morgan fingerprint density at radius 1 is 1.50 bits per heavy atom. The van der Waals surface area contributed by atoms with Gasteiger partial charge in [-0.25, -0.2) is 4.68 Å². The molecule has 0 N–H and O–H groups in total. The lowest BCUT2D eigenvalue weighted by atomic mass is 10.2. The zero-order valence-electron chi connectivity index (χ0n) is 10.3. The van der Waals surface area contributed by atoms with Gasteiger partial charge in [0.15, 0.2) is 5.15 Å². The highest BCUT2D eigenvalue weighted by atomic mass is 35.5. The largest absolute Gasteiger partial charge is 0.271 e. The van der Waals surface area contributed by atoms with Crippen molar-refractivity contribution in [2.45, 2.75) is 18.8 Å². The predicted molar refractivity (Wildman–Crippen MR) is 71.9 cm³/mol. The van der Waals surface area contributed by atoms with Crippen LogP contribution in [0.1, 0.15) is 30.0 Å². The number of non-ortho nitro benzene ring substituents is 1. The summed E-state index contributed by atoms with van der Waals surface area (Å²) in [5, 5.41) is 24.5. The van der Waals surface area contributed by atoms with E-state index in [1.807, 2.05) is 0 Å². The molecule has 6 nitrogen and oxygen atoms in total. The van der Waals surface area contributed by atoms with Crippen LogP contribution in [0.4, 0.5) is 5.69 Å². The Kier molecular flexibility index (Phi) is 2.92. The van der Waals surface area contributed by atoms with Crippen LogP contribution in [0.15, 0.2) is 24.3 Å². The van der Waals surface area contributed by atoms with E-state index in [-0.39, 0.29) is 16.8 Å². The number of hydrogen-bond donors (Lipinski definition) is 0. The van der Waals surface area contributed by atoms with E-state index in [1.54, 1.807) is 12.1 Å². The van der Waals surface area contributed by atoms with E-state index in [0.29, 0.717) is 16.9 Å². The van der Waals surface area contributed by atoms with Crippen LogP contribution in [0.2, 0.25) is 5.15 Å². The van der Waals surface area contributed by atoms with Gasteiger partial charge in [-0.3, -0.25) is 10.1 Å². The quantitative estimate of drug-likeness (QED) is 0.641. The Bertz CT molecular complexity index is 743. The summed E-state index contributed by atoms with van der Waals surface area (Å²) in [5.41, 5.74) is 1.48. The average molecular weight is 289 g/mol. The first kappa shape index (κ1) is 12.6. The molecule has 3 rings (SSSR count). The predicted octanol–water partition coefficient (Wildman–Crippen LogP) is 3.18. The number of aromatic nitrogens is 2. The minimum atomic E-state index is -0.478. The molecule has 0 atom stereocenters. The van der Waals surface area contributed by atoms with Crippen molar-refractivity contribution in [3.05, 3.63) is 50.8 Å². The van der Waals surface area contributed by atoms with Crippen molar-refractivity contribution in [3.63, 3.8) is 0 Å². The van der Waals surface area contributed by atoms with Crippen molar-refractivity contribution < 1.29 is 4.92 Å². The molecule has 20 heavy (non-hydrogen) atoms. The normalized spacial score (nSPS) is 14.0. The van der Waals surface area contributed by atoms with Crippen molar-refractivity contribution in [3.8, 4) is 11.8 Å². The topological polar surface area (TPSA) is 84.8 Å². The number of halogens is 1. The fraction of sp³-hybridized carbons (Fsp3) is 0.231. The van der Waals surface area contributed by atoms with Crippen LogP contribution in [0.3, 0.4) is 0 Å². The summed E-state index contributed by atoms with van der Waals surface area (Å²) in [5.74, 6) is 0.280. The van der Waals surface area contributed by atoms with E-state index in [9.17, 15) is 15.4 Å². The Labute approximate surface area is 119 Å². The zero-order valence-corrected chi connectivity index (χ0v) is 11.0. The number of nitro groups is 1. The Morgan fingerprint density at radius 2 is 2.25 bits per heavy atom. The molecule has 1 saturated carbocycles. The Hall–Kier alpha value is -2.39. The van der Waals surface area contributed by atoms with Gasteiger partial charge in [-0.1, -0.05) is 17.7 Å². The molecule has 0 unspecified atom stereocenters.